The van der Waals surface area contributed by atoms with Gasteiger partial charge in [0.05, 0.1) is 7.11 Å². The molecule has 3 nitrogen and oxygen atoms in total. The maximum atomic E-state index is 10.8. The molecule has 1 aromatic carbocycles. The maximum absolute atomic E-state index is 10.8. The van der Waals surface area contributed by atoms with Crippen LogP contribution in [0.1, 0.15) is 15.9 Å². The number of aldehydes is 1. The summed E-state index contributed by atoms with van der Waals surface area (Å²) < 4.78 is 4.45. The Morgan fingerprint density at radius 2 is 2.25 bits per heavy atom. The van der Waals surface area contributed by atoms with Crippen molar-refractivity contribution in [2.24, 2.45) is 0 Å². The summed E-state index contributed by atoms with van der Waals surface area (Å²) in [5, 5.41) is 0.516. The van der Waals surface area contributed by atoms with E-state index >= 15 is 0 Å². The first-order valence-corrected chi connectivity index (χ1v) is 5.03. The number of ether oxygens (including phenoxy) is 1. The van der Waals surface area contributed by atoms with E-state index in [0.29, 0.717) is 17.0 Å². The normalized spacial score (nSPS) is 10.4. The van der Waals surface area contributed by atoms with E-state index in [1.54, 1.807) is 24.3 Å². The van der Waals surface area contributed by atoms with Crippen LogP contribution in [0.2, 0.25) is 5.02 Å². The highest BCUT2D eigenvalue weighted by Gasteiger charge is 2.01. The number of rotatable bonds is 4. The minimum absolute atomic E-state index is 0.415. The molecule has 16 heavy (non-hydrogen) atoms. The molecule has 0 amide bonds. The van der Waals surface area contributed by atoms with E-state index in [1.807, 2.05) is 0 Å². The van der Waals surface area contributed by atoms with Crippen molar-refractivity contribution in [1.82, 2.24) is 0 Å². The lowest BCUT2D eigenvalue weighted by Crippen LogP contribution is -1.95. The summed E-state index contributed by atoms with van der Waals surface area (Å²) in [6.07, 6.45) is 4.19. The van der Waals surface area contributed by atoms with Gasteiger partial charge >= 0.3 is 5.97 Å². The molecule has 0 aliphatic heterocycles. The first kappa shape index (κ1) is 12.5. The topological polar surface area (TPSA) is 43.4 Å². The number of methoxy groups -OCH3 is 1. The van der Waals surface area contributed by atoms with Gasteiger partial charge in [0.2, 0.25) is 0 Å². The molecule has 0 heterocycles. The van der Waals surface area contributed by atoms with Crippen LogP contribution in [-0.4, -0.2) is 19.4 Å². The highest BCUT2D eigenvalue weighted by Crippen LogP contribution is 2.15. The molecule has 0 bridgehead atoms. The second-order valence-corrected chi connectivity index (χ2v) is 3.53. The summed E-state index contributed by atoms with van der Waals surface area (Å²) in [6.45, 7) is 0. The number of carbonyl (C=O) groups excluding carboxylic acids is 2. The highest BCUT2D eigenvalue weighted by atomic mass is 35.5. The van der Waals surface area contributed by atoms with E-state index < -0.39 is 5.97 Å². The predicted octanol–water partition coefficient (Wildman–Crippen LogP) is 2.42. The van der Waals surface area contributed by atoms with E-state index in [9.17, 15) is 9.59 Å². The highest BCUT2D eigenvalue weighted by molar-refractivity contribution is 6.30. The number of carbonyl (C=O) groups is 2. The molecular weight excluding hydrogens is 228 g/mol. The lowest BCUT2D eigenvalue weighted by atomic mass is 10.1. The lowest BCUT2D eigenvalue weighted by molar-refractivity contribution is -0.134. The van der Waals surface area contributed by atoms with Crippen LogP contribution in [0.4, 0.5) is 0 Å². The number of hydrogen-bond donors (Lipinski definition) is 0. The third-order valence-corrected chi connectivity index (χ3v) is 2.26. The molecule has 0 saturated carbocycles. The fraction of sp³-hybridized carbons (Fsp3) is 0.167. The quantitative estimate of drug-likeness (QED) is 0.460. The summed E-state index contributed by atoms with van der Waals surface area (Å²) in [6, 6.07) is 5.05. The van der Waals surface area contributed by atoms with Crippen molar-refractivity contribution in [2.75, 3.05) is 7.11 Å². The van der Waals surface area contributed by atoms with Crippen molar-refractivity contribution in [2.45, 2.75) is 6.42 Å². The molecule has 1 rings (SSSR count). The first-order chi connectivity index (χ1) is 7.67. The van der Waals surface area contributed by atoms with Crippen LogP contribution in [0.25, 0.3) is 0 Å². The molecular formula is C12H11ClO3. The fourth-order valence-corrected chi connectivity index (χ4v) is 1.39. The monoisotopic (exact) mass is 238 g/mol. The van der Waals surface area contributed by atoms with E-state index in [2.05, 4.69) is 4.74 Å². The van der Waals surface area contributed by atoms with Crippen LogP contribution in [-0.2, 0) is 16.0 Å². The number of benzene rings is 1. The zero-order chi connectivity index (χ0) is 12.0. The molecule has 0 radical (unpaired) electrons. The molecule has 0 saturated heterocycles. The van der Waals surface area contributed by atoms with E-state index in [0.717, 1.165) is 11.8 Å². The Kier molecular flexibility index (Phi) is 4.73. The summed E-state index contributed by atoms with van der Waals surface area (Å²) in [5.41, 5.74) is 1.35. The predicted molar refractivity (Wildman–Crippen MR) is 61.7 cm³/mol. The fourth-order valence-electron chi connectivity index (χ4n) is 1.21. The third-order valence-electron chi connectivity index (χ3n) is 2.03. The number of esters is 1. The van der Waals surface area contributed by atoms with Crippen LogP contribution >= 0.6 is 11.6 Å². The van der Waals surface area contributed by atoms with E-state index in [-0.39, 0.29) is 0 Å². The summed E-state index contributed by atoms with van der Waals surface area (Å²) >= 11 is 5.75. The van der Waals surface area contributed by atoms with Gasteiger partial charge in [0.1, 0.15) is 6.29 Å². The van der Waals surface area contributed by atoms with Gasteiger partial charge in [-0.3, -0.25) is 4.79 Å². The largest absolute Gasteiger partial charge is 0.466 e. The molecule has 1 aromatic rings. The van der Waals surface area contributed by atoms with Crippen molar-refractivity contribution in [1.29, 1.82) is 0 Å². The number of allylic oxidation sites excluding steroid dienone is 1. The summed E-state index contributed by atoms with van der Waals surface area (Å²) in [7, 11) is 1.31. The molecule has 0 unspecified atom stereocenters. The zero-order valence-electron chi connectivity index (χ0n) is 8.77. The van der Waals surface area contributed by atoms with Gasteiger partial charge in [0.15, 0.2) is 0 Å². The maximum Gasteiger partial charge on any atom is 0.330 e. The zero-order valence-corrected chi connectivity index (χ0v) is 9.53. The van der Waals surface area contributed by atoms with Crippen molar-refractivity contribution >= 4 is 23.9 Å². The molecule has 4 heteroatoms. The van der Waals surface area contributed by atoms with Gasteiger partial charge in [-0.1, -0.05) is 23.7 Å². The van der Waals surface area contributed by atoms with E-state index in [4.69, 9.17) is 11.6 Å². The van der Waals surface area contributed by atoms with Crippen LogP contribution in [0.3, 0.4) is 0 Å². The second kappa shape index (κ2) is 6.08. The van der Waals surface area contributed by atoms with Crippen molar-refractivity contribution < 1.29 is 14.3 Å². The van der Waals surface area contributed by atoms with Crippen LogP contribution < -0.4 is 0 Å². The van der Waals surface area contributed by atoms with Gasteiger partial charge < -0.3 is 4.74 Å². The first-order valence-electron chi connectivity index (χ1n) is 4.65. The van der Waals surface area contributed by atoms with Crippen molar-refractivity contribution in [3.05, 3.63) is 46.5 Å². The van der Waals surface area contributed by atoms with Crippen LogP contribution in [0, 0.1) is 0 Å². The second-order valence-electron chi connectivity index (χ2n) is 3.09. The van der Waals surface area contributed by atoms with Gasteiger partial charge in [0, 0.05) is 16.7 Å². The number of halogens is 1. The molecule has 0 spiro atoms. The Morgan fingerprint density at radius 3 is 2.88 bits per heavy atom. The average Bonchev–Trinajstić information content (AvgIpc) is 2.30. The molecule has 84 valence electrons. The Morgan fingerprint density at radius 1 is 1.50 bits per heavy atom. The third kappa shape index (κ3) is 3.51. The van der Waals surface area contributed by atoms with Gasteiger partial charge in [-0.15, -0.1) is 0 Å². The number of hydrogen-bond acceptors (Lipinski definition) is 3. The lowest BCUT2D eigenvalue weighted by Gasteiger charge is -2.01. The molecule has 0 atom stereocenters. The minimum atomic E-state index is -0.415. The molecule has 0 aromatic heterocycles. The average molecular weight is 239 g/mol. The molecule has 0 fully saturated rings. The van der Waals surface area contributed by atoms with E-state index in [1.165, 1.54) is 13.2 Å². The summed E-state index contributed by atoms with van der Waals surface area (Å²) in [4.78, 5) is 21.6. The molecule has 0 aliphatic carbocycles. The Labute approximate surface area is 98.7 Å². The van der Waals surface area contributed by atoms with Crippen molar-refractivity contribution in [3.8, 4) is 0 Å². The Balaban J connectivity index is 2.77. The van der Waals surface area contributed by atoms with Crippen LogP contribution in [0.5, 0.6) is 0 Å². The minimum Gasteiger partial charge on any atom is -0.466 e. The van der Waals surface area contributed by atoms with Crippen molar-refractivity contribution in [3.63, 3.8) is 0 Å². The Bertz CT molecular complexity index is 424. The molecule has 0 N–H and O–H groups in total. The smallest absolute Gasteiger partial charge is 0.330 e. The van der Waals surface area contributed by atoms with Crippen LogP contribution in [0.15, 0.2) is 30.4 Å². The van der Waals surface area contributed by atoms with Gasteiger partial charge in [-0.05, 0) is 24.1 Å². The Hall–Kier alpha value is -1.61. The van der Waals surface area contributed by atoms with Gasteiger partial charge in [-0.2, -0.15) is 0 Å². The molecule has 0 aliphatic rings. The summed E-state index contributed by atoms with van der Waals surface area (Å²) in [5.74, 6) is -0.415. The van der Waals surface area contributed by atoms with Gasteiger partial charge in [-0.25, -0.2) is 4.79 Å². The van der Waals surface area contributed by atoms with Gasteiger partial charge in [0.25, 0.3) is 0 Å². The standard InChI is InChI=1S/C12H11ClO3/c1-16-12(15)4-2-3-9-5-6-11(13)7-10(9)8-14/h2,4-8H,3H2,1H3. The SMILES string of the molecule is COC(=O)C=CCc1ccc(Cl)cc1C=O.